The molecule has 10 aromatic carbocycles. The van der Waals surface area contributed by atoms with Gasteiger partial charge in [-0.1, -0.05) is 127 Å². The summed E-state index contributed by atoms with van der Waals surface area (Å²) >= 11 is 0. The monoisotopic (exact) mass is 1010 g/mol. The molecule has 12 aromatic rings. The van der Waals surface area contributed by atoms with Gasteiger partial charge in [0.15, 0.2) is 22.7 Å². The summed E-state index contributed by atoms with van der Waals surface area (Å²) < 4.78 is 50.3. The zero-order valence-electron chi connectivity index (χ0n) is 40.8. The first-order valence-corrected chi connectivity index (χ1v) is 24.3. The normalized spacial score (nSPS) is 11.2. The van der Waals surface area contributed by atoms with E-state index in [1.54, 1.807) is 72.8 Å². The van der Waals surface area contributed by atoms with Crippen LogP contribution in [0.15, 0.2) is 200 Å². The number of benzene rings is 10. The van der Waals surface area contributed by atoms with Crippen molar-refractivity contribution in [2.75, 3.05) is 0 Å². The number of hydrogen-bond acceptors (Lipinski definition) is 2. The third-order valence-corrected chi connectivity index (χ3v) is 14.2. The second-order valence-corrected chi connectivity index (χ2v) is 18.6. The first-order chi connectivity index (χ1) is 38.0. The van der Waals surface area contributed by atoms with Crippen molar-refractivity contribution < 1.29 is 13.2 Å². The minimum absolute atomic E-state index is 0.109. The third kappa shape index (κ3) is 7.99. The quantitative estimate of drug-likeness (QED) is 0.149. The van der Waals surface area contributed by atoms with E-state index in [2.05, 4.69) is 31.5 Å². The number of nitriles is 2. The Morgan fingerprint density at radius 1 is 0.372 bits per heavy atom. The molecule has 0 saturated heterocycles. The van der Waals surface area contributed by atoms with E-state index in [1.807, 2.05) is 118 Å². The van der Waals surface area contributed by atoms with Crippen LogP contribution in [0, 0.1) is 49.0 Å². The van der Waals surface area contributed by atoms with Crippen molar-refractivity contribution in [3.63, 3.8) is 0 Å². The fraction of sp³-hybridized carbons (Fsp3) is 0.0149. The second kappa shape index (κ2) is 18.8. The van der Waals surface area contributed by atoms with Crippen LogP contribution < -0.4 is 0 Å². The Morgan fingerprint density at radius 2 is 0.744 bits per heavy atom. The van der Waals surface area contributed by atoms with Gasteiger partial charge in [0.25, 0.3) is 0 Å². The molecule has 78 heavy (non-hydrogen) atoms. The highest BCUT2D eigenvalue weighted by molar-refractivity contribution is 6.14. The summed E-state index contributed by atoms with van der Waals surface area (Å²) in [4.78, 5) is 15.0. The molecule has 2 heterocycles. The van der Waals surface area contributed by atoms with E-state index >= 15 is 13.2 Å². The van der Waals surface area contributed by atoms with Crippen molar-refractivity contribution in [2.45, 2.75) is 6.18 Å². The van der Waals surface area contributed by atoms with Gasteiger partial charge in [0, 0.05) is 21.5 Å². The predicted octanol–water partition coefficient (Wildman–Crippen LogP) is 19.2. The summed E-state index contributed by atoms with van der Waals surface area (Å²) in [6.07, 6.45) is -4.92. The summed E-state index contributed by atoms with van der Waals surface area (Å²) in [7, 11) is 0. The Hall–Kier alpha value is -11.5. The van der Waals surface area contributed by atoms with Gasteiger partial charge in [-0.25, -0.2) is 19.4 Å². The Morgan fingerprint density at radius 3 is 1.13 bits per heavy atom. The summed E-state index contributed by atoms with van der Waals surface area (Å²) in [6, 6.07) is 63.9. The summed E-state index contributed by atoms with van der Waals surface area (Å²) in [5.41, 5.74) is 9.22. The first kappa shape index (κ1) is 47.5. The lowest BCUT2D eigenvalue weighted by atomic mass is 9.94. The number of hydrogen-bond donors (Lipinski definition) is 0. The van der Waals surface area contributed by atoms with Crippen molar-refractivity contribution in [1.29, 1.82) is 10.5 Å². The molecule has 2 aromatic heterocycles. The minimum atomic E-state index is -4.92. The Bertz CT molecular complexity index is 4590. The maximum Gasteiger partial charge on any atom is 0.415 e. The predicted molar refractivity (Wildman–Crippen MR) is 302 cm³/mol. The van der Waals surface area contributed by atoms with Gasteiger partial charge in [-0.05, 0) is 128 Å². The molecule has 0 unspecified atom stereocenters. The van der Waals surface area contributed by atoms with Gasteiger partial charge in [0.2, 0.25) is 0 Å². The highest BCUT2D eigenvalue weighted by Gasteiger charge is 2.36. The molecule has 0 fully saturated rings. The molecule has 0 bridgehead atoms. The minimum Gasteiger partial charge on any atom is -0.308 e. The van der Waals surface area contributed by atoms with Crippen molar-refractivity contribution >= 4 is 66.4 Å². The van der Waals surface area contributed by atoms with Crippen LogP contribution in [-0.4, -0.2) is 9.13 Å². The van der Waals surface area contributed by atoms with Gasteiger partial charge in [-0.3, -0.25) is 0 Å². The first-order valence-electron chi connectivity index (χ1n) is 24.3. The molecule has 0 atom stereocenters. The topological polar surface area (TPSA) is 74.9 Å². The number of aromatic nitrogens is 2. The van der Waals surface area contributed by atoms with E-state index in [0.29, 0.717) is 55.9 Å². The van der Waals surface area contributed by atoms with E-state index in [4.69, 9.17) is 26.3 Å². The van der Waals surface area contributed by atoms with E-state index in [9.17, 15) is 10.5 Å². The average molecular weight is 1010 g/mol. The average Bonchev–Trinajstić information content (AvgIpc) is 4.22. The van der Waals surface area contributed by atoms with Crippen LogP contribution >= 0.6 is 0 Å². The lowest BCUT2D eigenvalue weighted by molar-refractivity contribution is -0.137. The van der Waals surface area contributed by atoms with E-state index < -0.39 is 17.3 Å². The molecular formula is C67H33F3N8. The van der Waals surface area contributed by atoms with Gasteiger partial charge in [0.1, 0.15) is 0 Å². The SMILES string of the molecule is [C-]#[N+]c1cccc(-c2ccc3c4ccc(-c5cccc([N+]#[C-])c5)cc4n(-c4cc([N+]#[C-])c(-c5c([N+]#[C-])cccc5C(F)(F)F)cc4-n4c5cc(-c6cccc(C#N)c6)ccc5c5ccc(-c6cccc(C#N)c6)cc54)c3c2)c1. The Balaban J connectivity index is 1.29. The molecule has 0 aliphatic heterocycles. The molecule has 12 rings (SSSR count). The lowest BCUT2D eigenvalue weighted by Gasteiger charge is -2.22. The summed E-state index contributed by atoms with van der Waals surface area (Å²) in [6.45, 7) is 32.6. The van der Waals surface area contributed by atoms with Crippen LogP contribution in [0.1, 0.15) is 16.7 Å². The van der Waals surface area contributed by atoms with Gasteiger partial charge in [0.05, 0.1) is 88.6 Å². The molecule has 362 valence electrons. The maximum atomic E-state index is 15.4. The number of rotatable bonds is 7. The fourth-order valence-corrected chi connectivity index (χ4v) is 10.7. The number of fused-ring (bicyclic) bond motifs is 6. The van der Waals surface area contributed by atoms with Crippen LogP contribution in [0.3, 0.4) is 0 Å². The molecule has 0 amide bonds. The van der Waals surface area contributed by atoms with Gasteiger partial charge in [-0.2, -0.15) is 23.7 Å². The van der Waals surface area contributed by atoms with Crippen molar-refractivity contribution in [3.8, 4) is 79.1 Å². The van der Waals surface area contributed by atoms with Crippen LogP contribution in [0.4, 0.5) is 35.9 Å². The van der Waals surface area contributed by atoms with Crippen LogP contribution in [-0.2, 0) is 6.18 Å². The fourth-order valence-electron chi connectivity index (χ4n) is 10.7. The molecular weight excluding hydrogens is 974 g/mol. The Labute approximate surface area is 445 Å². The third-order valence-electron chi connectivity index (χ3n) is 14.2. The molecule has 0 aliphatic rings. The molecule has 0 aliphatic carbocycles. The van der Waals surface area contributed by atoms with E-state index in [-0.39, 0.29) is 16.9 Å². The van der Waals surface area contributed by atoms with Crippen molar-refractivity contribution in [2.24, 2.45) is 0 Å². The number of alkyl halides is 3. The second-order valence-electron chi connectivity index (χ2n) is 18.6. The van der Waals surface area contributed by atoms with Crippen LogP contribution in [0.2, 0.25) is 0 Å². The molecule has 0 N–H and O–H groups in total. The summed E-state index contributed by atoms with van der Waals surface area (Å²) in [5, 5.41) is 23.1. The number of halogens is 3. The van der Waals surface area contributed by atoms with Gasteiger partial charge >= 0.3 is 6.18 Å². The molecule has 0 saturated carbocycles. The van der Waals surface area contributed by atoms with E-state index in [0.717, 1.165) is 72.1 Å². The molecule has 0 spiro atoms. The zero-order chi connectivity index (χ0) is 53.8. The zero-order valence-corrected chi connectivity index (χ0v) is 40.8. The van der Waals surface area contributed by atoms with E-state index in [1.165, 1.54) is 12.1 Å². The standard InChI is InChI=1S/C67H33F3N8/c1-73-50-16-7-14-44(30-50)48-22-26-54-55-27-23-49(45-15-8-17-51(31-45)74-2)35-63(55)78(62(54)34-48)65-37-59(76-4)56(66-57(67(68,69)70)18-9-19-58(66)75-3)36-64(65)77-60-32-46(42-12-5-10-40(28-42)38-71)20-24-52(60)53-25-21-47(33-61(53)77)43-13-6-11-41(29-43)39-72/h5-37H. The Kier molecular flexibility index (Phi) is 11.4. The van der Waals surface area contributed by atoms with Gasteiger partial charge < -0.3 is 9.13 Å². The smallest absolute Gasteiger partial charge is 0.308 e. The lowest BCUT2D eigenvalue weighted by Crippen LogP contribution is -2.08. The van der Waals surface area contributed by atoms with Gasteiger partial charge in [-0.15, -0.1) is 0 Å². The van der Waals surface area contributed by atoms with Crippen LogP contribution in [0.25, 0.3) is 130 Å². The van der Waals surface area contributed by atoms with Crippen molar-refractivity contribution in [1.82, 2.24) is 9.13 Å². The van der Waals surface area contributed by atoms with Crippen molar-refractivity contribution in [3.05, 3.63) is 263 Å². The highest BCUT2D eigenvalue weighted by atomic mass is 19.4. The largest absolute Gasteiger partial charge is 0.415 e. The molecule has 8 nitrogen and oxygen atoms in total. The maximum absolute atomic E-state index is 15.4. The summed E-state index contributed by atoms with van der Waals surface area (Å²) in [5.74, 6) is 0. The number of nitrogens with zero attached hydrogens (tertiary/aromatic N) is 8. The highest BCUT2D eigenvalue weighted by Crippen LogP contribution is 2.50. The molecule has 0 radical (unpaired) electrons. The van der Waals surface area contributed by atoms with Crippen LogP contribution in [0.5, 0.6) is 0 Å². The molecule has 11 heteroatoms.